The van der Waals surface area contributed by atoms with Gasteiger partial charge in [-0.15, -0.1) is 0 Å². The number of hydrogen-bond acceptors (Lipinski definition) is 12. The number of carbonyl (C=O) groups excluding carboxylic acids is 5. The summed E-state index contributed by atoms with van der Waals surface area (Å²) in [5.41, 5.74) is 9.32. The highest BCUT2D eigenvalue weighted by molar-refractivity contribution is 6.08. The average molecular weight is 1020 g/mol. The molecule has 2 aromatic heterocycles. The first kappa shape index (κ1) is 55.8. The van der Waals surface area contributed by atoms with Crippen molar-refractivity contribution < 1.29 is 33.1 Å². The Balaban J connectivity index is 0.985. The first-order chi connectivity index (χ1) is 35.3. The summed E-state index contributed by atoms with van der Waals surface area (Å²) in [5, 5.41) is 26.9. The molecule has 4 aromatic rings. The molecule has 18 nitrogen and oxygen atoms in total. The van der Waals surface area contributed by atoms with E-state index in [4.69, 9.17) is 10.5 Å². The second-order valence-electron chi connectivity index (χ2n) is 20.0. The fourth-order valence-electron chi connectivity index (χ4n) is 9.34. The predicted octanol–water partition coefficient (Wildman–Crippen LogP) is 6.36. The second kappa shape index (κ2) is 25.5. The first-order valence-corrected chi connectivity index (χ1v) is 25.5. The SMILES string of the molecule is C=C(NC)C(=O)NC(C(=O)N1C[C@@H](NCCCCCCCCC(=O)NCCn2nc(C#N)c3c2CN(C)C(=O)c2ccc(F)cc2[C@@H](C)Oc2cc-3cnc2N)C[C@H]1C(=O)N=C(CC)c1ccccc1)C(C)(C)C. The van der Waals surface area contributed by atoms with Gasteiger partial charge in [-0.1, -0.05) is 90.3 Å². The molecule has 1 unspecified atom stereocenters. The van der Waals surface area contributed by atoms with Crippen LogP contribution in [0.25, 0.3) is 11.1 Å². The molecule has 1 saturated heterocycles. The molecule has 2 bridgehead atoms. The Hall–Kier alpha value is -7.46. The molecule has 0 saturated carbocycles. The van der Waals surface area contributed by atoms with E-state index in [2.05, 4.69) is 49.0 Å². The fourth-order valence-corrected chi connectivity index (χ4v) is 9.34. The lowest BCUT2D eigenvalue weighted by molar-refractivity contribution is -0.142. The summed E-state index contributed by atoms with van der Waals surface area (Å²) < 4.78 is 22.2. The van der Waals surface area contributed by atoms with Crippen molar-refractivity contribution >= 4 is 41.1 Å². The van der Waals surface area contributed by atoms with Gasteiger partial charge in [-0.3, -0.25) is 28.7 Å². The number of aromatic nitrogens is 3. The van der Waals surface area contributed by atoms with E-state index in [0.717, 1.165) is 37.7 Å². The number of unbranched alkanes of at least 4 members (excludes halogenated alkanes) is 5. The molecule has 4 atom stereocenters. The maximum Gasteiger partial charge on any atom is 0.268 e. The first-order valence-electron chi connectivity index (χ1n) is 25.5. The smallest absolute Gasteiger partial charge is 0.268 e. The van der Waals surface area contributed by atoms with Crippen LogP contribution < -0.4 is 31.7 Å². The van der Waals surface area contributed by atoms with Gasteiger partial charge in [0.15, 0.2) is 17.3 Å². The highest BCUT2D eigenvalue weighted by Crippen LogP contribution is 2.36. The molecular weight excluding hydrogens is 944 g/mol. The number of halogens is 1. The summed E-state index contributed by atoms with van der Waals surface area (Å²) in [5.74, 6) is -1.97. The van der Waals surface area contributed by atoms with E-state index in [9.17, 15) is 33.6 Å². The number of nitriles is 1. The molecule has 0 radical (unpaired) electrons. The molecule has 19 heteroatoms. The zero-order valence-electron chi connectivity index (χ0n) is 43.7. The van der Waals surface area contributed by atoms with Crippen molar-refractivity contribution in [2.75, 3.05) is 39.5 Å². The number of rotatable bonds is 20. The third kappa shape index (κ3) is 14.0. The summed E-state index contributed by atoms with van der Waals surface area (Å²) in [6.45, 7) is 14.4. The van der Waals surface area contributed by atoms with Gasteiger partial charge in [0, 0.05) is 68.1 Å². The largest absolute Gasteiger partial charge is 0.482 e. The van der Waals surface area contributed by atoms with Crippen LogP contribution in [0.4, 0.5) is 10.2 Å². The number of pyridine rings is 1. The van der Waals surface area contributed by atoms with Crippen LogP contribution in [0.1, 0.15) is 131 Å². The average Bonchev–Trinajstić information content (AvgIpc) is 3.97. The number of carbonyl (C=O) groups is 5. The third-order valence-electron chi connectivity index (χ3n) is 13.5. The number of fused-ring (bicyclic) bond motifs is 5. The van der Waals surface area contributed by atoms with Gasteiger partial charge >= 0.3 is 0 Å². The number of ether oxygens (including phenoxy) is 1. The molecule has 394 valence electrons. The molecular formula is C55H71FN12O6. The molecule has 2 aliphatic heterocycles. The van der Waals surface area contributed by atoms with Gasteiger partial charge in [-0.05, 0) is 74.4 Å². The Morgan fingerprint density at radius 3 is 2.45 bits per heavy atom. The Labute approximate surface area is 433 Å². The van der Waals surface area contributed by atoms with Crippen LogP contribution in [0.2, 0.25) is 0 Å². The number of nitrogen functional groups attached to an aromatic ring is 1. The Kier molecular flexibility index (Phi) is 19.2. The van der Waals surface area contributed by atoms with Gasteiger partial charge in [-0.25, -0.2) is 14.4 Å². The zero-order valence-corrected chi connectivity index (χ0v) is 43.7. The van der Waals surface area contributed by atoms with Crippen LogP contribution in [0.15, 0.2) is 78.1 Å². The maximum atomic E-state index is 14.5. The van der Waals surface area contributed by atoms with Crippen LogP contribution >= 0.6 is 0 Å². The standard InChI is InChI=1S/C55H71FN12O6/c1-9-42(36-19-15-14-16-20-36)63-52(71)44-29-39(32-67(44)54(73)49(55(4,5)6)64-51(70)34(2)59-7)60-24-18-13-11-10-12-17-21-47(69)61-25-26-68-45-33-66(8)53(72)40-23-22-38(56)28-41(40)35(3)74-46-27-37(31-62-50(46)58)48(45)43(30-57)65-68/h14-16,19-20,22-23,27-28,31,35,39,44,49,59-60H,2,9-13,17-18,21,24-26,29,32-33H2,1,3-8H3,(H2,58,62)(H,61,69)(H,64,70)/t35-,39+,44+,49?/m1/s1. The zero-order chi connectivity index (χ0) is 53.7. The summed E-state index contributed by atoms with van der Waals surface area (Å²) in [4.78, 5) is 80.1. The normalized spacial score (nSPS) is 17.1. The van der Waals surface area contributed by atoms with E-state index in [1.54, 1.807) is 36.7 Å². The lowest BCUT2D eigenvalue weighted by atomic mass is 9.85. The summed E-state index contributed by atoms with van der Waals surface area (Å²) in [6, 6.07) is 15.4. The monoisotopic (exact) mass is 1010 g/mol. The van der Waals surface area contributed by atoms with Crippen LogP contribution in [0.3, 0.4) is 0 Å². The van der Waals surface area contributed by atoms with Gasteiger partial charge in [0.1, 0.15) is 30.1 Å². The number of likely N-dealkylation sites (N-methyl/N-ethyl adjacent to an activating group) is 1. The van der Waals surface area contributed by atoms with Gasteiger partial charge in [-0.2, -0.15) is 10.4 Å². The predicted molar refractivity (Wildman–Crippen MR) is 281 cm³/mol. The van der Waals surface area contributed by atoms with Crippen molar-refractivity contribution in [2.24, 2.45) is 10.4 Å². The number of hydrogen-bond donors (Lipinski definition) is 5. The number of anilines is 1. The van der Waals surface area contributed by atoms with Gasteiger partial charge in [0.05, 0.1) is 30.2 Å². The molecule has 0 aliphatic carbocycles. The van der Waals surface area contributed by atoms with Crippen molar-refractivity contribution in [3.05, 3.63) is 107 Å². The van der Waals surface area contributed by atoms with Crippen molar-refractivity contribution in [1.29, 1.82) is 5.26 Å². The highest BCUT2D eigenvalue weighted by atomic mass is 19.1. The number of aliphatic imine (C=N–C) groups is 1. The number of benzene rings is 2. The van der Waals surface area contributed by atoms with Gasteiger partial charge in [0.2, 0.25) is 11.8 Å². The topological polar surface area (TPSA) is 242 Å². The molecule has 74 heavy (non-hydrogen) atoms. The minimum Gasteiger partial charge on any atom is -0.482 e. The van der Waals surface area contributed by atoms with Crippen LogP contribution in [0.5, 0.6) is 5.75 Å². The number of nitrogens with zero attached hydrogens (tertiary/aromatic N) is 7. The van der Waals surface area contributed by atoms with E-state index >= 15 is 0 Å². The Morgan fingerprint density at radius 2 is 1.76 bits per heavy atom. The number of amides is 5. The quantitative estimate of drug-likeness (QED) is 0.0369. The molecule has 1 fully saturated rings. The molecule has 2 aliphatic rings. The van der Waals surface area contributed by atoms with Crippen LogP contribution in [-0.2, 0) is 32.3 Å². The van der Waals surface area contributed by atoms with Crippen molar-refractivity contribution in [3.63, 3.8) is 0 Å². The minimum absolute atomic E-state index is 0.0418. The molecule has 2 aromatic carbocycles. The van der Waals surface area contributed by atoms with Crippen LogP contribution in [0, 0.1) is 22.6 Å². The fraction of sp³-hybridized carbons (Fsp3) is 0.473. The molecule has 0 spiro atoms. The highest BCUT2D eigenvalue weighted by Gasteiger charge is 2.45. The summed E-state index contributed by atoms with van der Waals surface area (Å²) in [6.07, 6.45) is 7.34. The Morgan fingerprint density at radius 1 is 1.04 bits per heavy atom. The van der Waals surface area contributed by atoms with Gasteiger partial charge < -0.3 is 41.5 Å². The summed E-state index contributed by atoms with van der Waals surface area (Å²) in [7, 11) is 3.20. The van der Waals surface area contributed by atoms with E-state index in [1.165, 1.54) is 29.3 Å². The van der Waals surface area contributed by atoms with E-state index in [0.29, 0.717) is 60.3 Å². The maximum absolute atomic E-state index is 14.5. The lowest BCUT2D eigenvalue weighted by Crippen LogP contribution is -2.57. The second-order valence-corrected chi connectivity index (χ2v) is 20.0. The van der Waals surface area contributed by atoms with Crippen molar-refractivity contribution in [2.45, 2.75) is 130 Å². The van der Waals surface area contributed by atoms with E-state index < -0.39 is 41.2 Å². The van der Waals surface area contributed by atoms with Crippen molar-refractivity contribution in [1.82, 2.24) is 45.8 Å². The third-order valence-corrected chi connectivity index (χ3v) is 13.5. The lowest BCUT2D eigenvalue weighted by Gasteiger charge is -2.35. The molecule has 5 amide bonds. The number of likely N-dealkylation sites (tertiary alicyclic amines) is 1. The number of nitrogens with two attached hydrogens (primary N) is 1. The van der Waals surface area contributed by atoms with Gasteiger partial charge in [0.25, 0.3) is 17.7 Å². The summed E-state index contributed by atoms with van der Waals surface area (Å²) >= 11 is 0. The number of nitrogens with one attached hydrogen (secondary N) is 4. The Bertz CT molecular complexity index is 2760. The van der Waals surface area contributed by atoms with Crippen molar-refractivity contribution in [3.8, 4) is 22.9 Å². The molecule has 4 heterocycles. The van der Waals surface area contributed by atoms with Crippen LogP contribution in [-0.4, -0.2) is 112 Å². The van der Waals surface area contributed by atoms with E-state index in [1.807, 2.05) is 58.0 Å². The minimum atomic E-state index is -0.920. The van der Waals surface area contributed by atoms with E-state index in [-0.39, 0.29) is 78.5 Å². The molecule has 6 rings (SSSR count). The molecule has 6 N–H and O–H groups in total.